The maximum absolute atomic E-state index is 14.6. The SMILES string of the molecule is CNc1cc(F)cc2c1[nH]c1nc(Oc3cnc(C)nc3)nc(N3C[C@H](NC(=O)[C@@H](N)CO)C4(CC4)C3)c12. The number of aliphatic hydroxyl groups is 1. The van der Waals surface area contributed by atoms with Gasteiger partial charge in [-0.25, -0.2) is 14.4 Å². The summed E-state index contributed by atoms with van der Waals surface area (Å²) in [5.74, 6) is 0.754. The van der Waals surface area contributed by atoms with Crippen LogP contribution in [0.5, 0.6) is 11.8 Å². The molecule has 0 unspecified atom stereocenters. The van der Waals surface area contributed by atoms with Crippen molar-refractivity contribution < 1.29 is 19.0 Å². The molecule has 1 aromatic carbocycles. The highest BCUT2D eigenvalue weighted by Gasteiger charge is 2.56. The molecule has 1 aliphatic heterocycles. The Balaban J connectivity index is 1.45. The van der Waals surface area contributed by atoms with Gasteiger partial charge in [0.15, 0.2) is 5.75 Å². The summed E-state index contributed by atoms with van der Waals surface area (Å²) in [4.78, 5) is 35.5. The van der Waals surface area contributed by atoms with Gasteiger partial charge in [0.25, 0.3) is 0 Å². The first-order valence-electron chi connectivity index (χ1n) is 12.4. The smallest absolute Gasteiger partial charge is 0.326 e. The number of amides is 1. The number of rotatable bonds is 7. The van der Waals surface area contributed by atoms with Crippen LogP contribution in [0.15, 0.2) is 24.5 Å². The Bertz CT molecular complexity index is 1540. The van der Waals surface area contributed by atoms with Gasteiger partial charge in [0, 0.05) is 30.9 Å². The Morgan fingerprint density at radius 2 is 2.11 bits per heavy atom. The van der Waals surface area contributed by atoms with Crippen molar-refractivity contribution in [3.63, 3.8) is 0 Å². The molecule has 4 aromatic rings. The second-order valence-electron chi connectivity index (χ2n) is 9.97. The number of halogens is 1. The molecular weight excluding hydrogens is 493 g/mol. The number of benzene rings is 1. The monoisotopic (exact) mass is 521 g/mol. The first-order valence-corrected chi connectivity index (χ1v) is 12.4. The molecule has 0 bridgehead atoms. The van der Waals surface area contributed by atoms with Gasteiger partial charge in [-0.05, 0) is 31.9 Å². The Kier molecular flexibility index (Phi) is 5.76. The number of nitrogens with zero attached hydrogens (tertiary/aromatic N) is 5. The van der Waals surface area contributed by atoms with Gasteiger partial charge in [-0.3, -0.25) is 4.79 Å². The number of nitrogens with two attached hydrogens (primary N) is 1. The van der Waals surface area contributed by atoms with Crippen molar-refractivity contribution in [1.82, 2.24) is 30.2 Å². The summed E-state index contributed by atoms with van der Waals surface area (Å²) in [5.41, 5.74) is 7.38. The normalized spacial score (nSPS) is 18.8. The third kappa shape index (κ3) is 4.13. The van der Waals surface area contributed by atoms with E-state index in [1.807, 2.05) is 0 Å². The molecule has 6 rings (SSSR count). The number of nitrogens with one attached hydrogen (secondary N) is 3. The molecule has 38 heavy (non-hydrogen) atoms. The highest BCUT2D eigenvalue weighted by Crippen LogP contribution is 2.54. The maximum atomic E-state index is 14.6. The van der Waals surface area contributed by atoms with Crippen LogP contribution in [-0.2, 0) is 4.79 Å². The Morgan fingerprint density at radius 1 is 1.34 bits per heavy atom. The molecule has 1 saturated heterocycles. The molecule has 2 aliphatic rings. The van der Waals surface area contributed by atoms with Crippen molar-refractivity contribution >= 4 is 39.3 Å². The molecule has 13 heteroatoms. The minimum Gasteiger partial charge on any atom is -0.421 e. The van der Waals surface area contributed by atoms with Gasteiger partial charge in [-0.1, -0.05) is 0 Å². The Morgan fingerprint density at radius 3 is 2.79 bits per heavy atom. The fourth-order valence-corrected chi connectivity index (χ4v) is 5.19. The summed E-state index contributed by atoms with van der Waals surface area (Å²) < 4.78 is 20.5. The summed E-state index contributed by atoms with van der Waals surface area (Å²) in [5, 5.41) is 16.6. The molecule has 12 nitrogen and oxygen atoms in total. The average Bonchev–Trinajstić information content (AvgIpc) is 3.47. The van der Waals surface area contributed by atoms with E-state index in [2.05, 4.69) is 35.5 Å². The quantitative estimate of drug-likeness (QED) is 0.241. The van der Waals surface area contributed by atoms with E-state index >= 15 is 0 Å². The average molecular weight is 522 g/mol. The van der Waals surface area contributed by atoms with Crippen LogP contribution in [0, 0.1) is 18.2 Å². The van der Waals surface area contributed by atoms with Gasteiger partial charge in [0.1, 0.15) is 29.1 Å². The molecule has 0 radical (unpaired) electrons. The van der Waals surface area contributed by atoms with Crippen LogP contribution in [-0.4, -0.2) is 74.8 Å². The molecule has 6 N–H and O–H groups in total. The fourth-order valence-electron chi connectivity index (χ4n) is 5.19. The van der Waals surface area contributed by atoms with Crippen LogP contribution in [0.2, 0.25) is 0 Å². The Labute approximate surface area is 216 Å². The fraction of sp³-hybridized carbons (Fsp3) is 0.400. The van der Waals surface area contributed by atoms with Gasteiger partial charge in [0.05, 0.1) is 41.6 Å². The number of hydrogen-bond donors (Lipinski definition) is 5. The van der Waals surface area contributed by atoms with Crippen molar-refractivity contribution in [3.8, 4) is 11.8 Å². The molecule has 2 atom stereocenters. The minimum atomic E-state index is -0.987. The summed E-state index contributed by atoms with van der Waals surface area (Å²) >= 11 is 0. The zero-order chi connectivity index (χ0) is 26.6. The third-order valence-corrected chi connectivity index (χ3v) is 7.41. The highest BCUT2D eigenvalue weighted by molar-refractivity contribution is 6.14. The number of anilines is 2. The molecule has 198 valence electrons. The van der Waals surface area contributed by atoms with E-state index in [1.165, 1.54) is 12.1 Å². The predicted molar refractivity (Wildman–Crippen MR) is 139 cm³/mol. The van der Waals surface area contributed by atoms with Crippen molar-refractivity contribution in [2.45, 2.75) is 31.8 Å². The maximum Gasteiger partial charge on any atom is 0.326 e. The summed E-state index contributed by atoms with van der Waals surface area (Å²) in [6, 6.07) is 1.79. The topological polar surface area (TPSA) is 167 Å². The number of aryl methyl sites for hydroxylation is 1. The first-order chi connectivity index (χ1) is 18.3. The van der Waals surface area contributed by atoms with Gasteiger partial charge in [-0.15, -0.1) is 0 Å². The minimum absolute atomic E-state index is 0.0811. The molecule has 1 saturated carbocycles. The van der Waals surface area contributed by atoms with Crippen LogP contribution in [0.1, 0.15) is 18.7 Å². The van der Waals surface area contributed by atoms with Gasteiger partial charge in [0.2, 0.25) is 5.91 Å². The van der Waals surface area contributed by atoms with Crippen molar-refractivity contribution in [2.75, 3.05) is 37.0 Å². The molecule has 1 amide bonds. The van der Waals surface area contributed by atoms with E-state index in [9.17, 15) is 14.3 Å². The van der Waals surface area contributed by atoms with E-state index in [-0.39, 0.29) is 17.5 Å². The van der Waals surface area contributed by atoms with E-state index in [0.29, 0.717) is 58.1 Å². The number of aromatic amines is 1. The van der Waals surface area contributed by atoms with E-state index in [1.54, 1.807) is 26.4 Å². The standard InChI is InChI=1S/C25H28FN9O3/c1-12-29-7-14(8-30-12)38-24-33-21-19(15-5-13(26)6-17(28-2)20(15)32-21)22(34-24)35-9-18(25(11-35)3-4-25)31-23(37)16(27)10-36/h5-8,16,18,28,36H,3-4,9-11,27H2,1-2H3,(H,31,37)(H,32,33,34)/t16-,18-/m0/s1. The zero-order valence-corrected chi connectivity index (χ0v) is 21.0. The lowest BCUT2D eigenvalue weighted by Crippen LogP contribution is -2.50. The van der Waals surface area contributed by atoms with Crippen LogP contribution >= 0.6 is 0 Å². The molecule has 1 spiro atoms. The molecule has 3 aromatic heterocycles. The van der Waals surface area contributed by atoms with Crippen LogP contribution in [0.25, 0.3) is 21.9 Å². The third-order valence-electron chi connectivity index (χ3n) is 7.41. The lowest BCUT2D eigenvalue weighted by Gasteiger charge is -2.21. The number of carbonyl (C=O) groups is 1. The number of fused-ring (bicyclic) bond motifs is 3. The van der Waals surface area contributed by atoms with Crippen LogP contribution < -0.4 is 26.0 Å². The number of ether oxygens (including phenoxy) is 1. The van der Waals surface area contributed by atoms with Crippen molar-refractivity contribution in [2.24, 2.45) is 11.1 Å². The largest absolute Gasteiger partial charge is 0.421 e. The van der Waals surface area contributed by atoms with E-state index in [4.69, 9.17) is 15.5 Å². The number of aliphatic hydroxyl groups excluding tert-OH is 1. The van der Waals surface area contributed by atoms with Gasteiger partial charge >= 0.3 is 6.01 Å². The molecule has 2 fully saturated rings. The Hall–Kier alpha value is -4.10. The van der Waals surface area contributed by atoms with E-state index in [0.717, 1.165) is 12.8 Å². The molecule has 1 aliphatic carbocycles. The predicted octanol–water partition coefficient (Wildman–Crippen LogP) is 1.59. The van der Waals surface area contributed by atoms with Gasteiger partial charge < -0.3 is 36.1 Å². The lowest BCUT2D eigenvalue weighted by molar-refractivity contribution is -0.124. The van der Waals surface area contributed by atoms with E-state index < -0.39 is 24.4 Å². The summed E-state index contributed by atoms with van der Waals surface area (Å²) in [6.07, 6.45) is 4.96. The molecule has 4 heterocycles. The van der Waals surface area contributed by atoms with Gasteiger partial charge in [-0.2, -0.15) is 9.97 Å². The highest BCUT2D eigenvalue weighted by atomic mass is 19.1. The number of hydrogen-bond acceptors (Lipinski definition) is 10. The number of carbonyl (C=O) groups excluding carboxylic acids is 1. The second-order valence-corrected chi connectivity index (χ2v) is 9.97. The number of H-pyrrole nitrogens is 1. The zero-order valence-electron chi connectivity index (χ0n) is 21.0. The lowest BCUT2D eigenvalue weighted by atomic mass is 10.0. The van der Waals surface area contributed by atoms with Crippen LogP contribution in [0.4, 0.5) is 15.9 Å². The first kappa shape index (κ1) is 24.2. The second kappa shape index (κ2) is 9.03. The van der Waals surface area contributed by atoms with Crippen molar-refractivity contribution in [1.29, 1.82) is 0 Å². The summed E-state index contributed by atoms with van der Waals surface area (Å²) in [6.45, 7) is 2.44. The summed E-state index contributed by atoms with van der Waals surface area (Å²) in [7, 11) is 1.72. The van der Waals surface area contributed by atoms with Crippen LogP contribution in [0.3, 0.4) is 0 Å². The molecular formula is C25H28FN9O3. The number of aromatic nitrogens is 5. The van der Waals surface area contributed by atoms with Crippen molar-refractivity contribution in [3.05, 3.63) is 36.2 Å².